The Kier molecular flexibility index (Phi) is 13.0. The van der Waals surface area contributed by atoms with Crippen molar-refractivity contribution in [2.24, 2.45) is 0 Å². The van der Waals surface area contributed by atoms with Crippen LogP contribution in [0, 0.1) is 12.1 Å². The van der Waals surface area contributed by atoms with Gasteiger partial charge in [0.25, 0.3) is 0 Å². The van der Waals surface area contributed by atoms with E-state index >= 15 is 0 Å². The molecule has 0 radical (unpaired) electrons. The summed E-state index contributed by atoms with van der Waals surface area (Å²) in [6.45, 7) is 12.3. The molecule has 2 aromatic carbocycles. The third-order valence-electron chi connectivity index (χ3n) is 4.72. The third kappa shape index (κ3) is 7.40. The number of hydrogen-bond donors (Lipinski definition) is 1. The molecule has 0 saturated carbocycles. The second kappa shape index (κ2) is 13.7. The van der Waals surface area contributed by atoms with Gasteiger partial charge in [-0.25, -0.2) is 6.08 Å². The van der Waals surface area contributed by atoms with E-state index in [0.29, 0.717) is 11.8 Å². The number of rotatable bonds is 3. The largest absolute Gasteiger partial charge is 2.00 e. The molecule has 32 heavy (non-hydrogen) atoms. The van der Waals surface area contributed by atoms with Crippen LogP contribution in [0.1, 0.15) is 56.5 Å². The fourth-order valence-corrected chi connectivity index (χ4v) is 3.38. The minimum atomic E-state index is 0. The van der Waals surface area contributed by atoms with E-state index in [1.165, 1.54) is 5.56 Å². The van der Waals surface area contributed by atoms with Crippen LogP contribution >= 0.6 is 28.3 Å². The predicted octanol–water partition coefficient (Wildman–Crippen LogP) is 8.20. The standard InChI is InChI=1S/C17H15N2.C9H10Br.ClH.Fe.H3N/c1-4-14-9-7-12-5-6-13-8-10-15(11(2)3)19-17(13)16(12)18-14;1-7(2)8-4-3-5-9(10)6-8;;;/h5-11H,1H2,2-3H3;3-5,7H,1-2H3;1H;;1H3/q2*-1;;+2;. The van der Waals surface area contributed by atoms with Gasteiger partial charge in [0.2, 0.25) is 0 Å². The van der Waals surface area contributed by atoms with E-state index in [1.54, 1.807) is 0 Å². The molecule has 0 aliphatic carbocycles. The molecule has 0 amide bonds. The van der Waals surface area contributed by atoms with Crippen molar-refractivity contribution in [1.29, 1.82) is 0 Å². The molecule has 4 rings (SSSR count). The maximum Gasteiger partial charge on any atom is 2.00 e. The van der Waals surface area contributed by atoms with Crippen LogP contribution in [0.5, 0.6) is 0 Å². The summed E-state index contributed by atoms with van der Waals surface area (Å²) in [7, 11) is 0. The van der Waals surface area contributed by atoms with Crippen LogP contribution in [0.2, 0.25) is 0 Å². The average molecular weight is 555 g/mol. The van der Waals surface area contributed by atoms with Crippen LogP contribution in [-0.2, 0) is 17.1 Å². The zero-order chi connectivity index (χ0) is 21.0. The second-order valence-electron chi connectivity index (χ2n) is 7.58. The van der Waals surface area contributed by atoms with Gasteiger partial charge >= 0.3 is 17.1 Å². The Labute approximate surface area is 216 Å². The van der Waals surface area contributed by atoms with Crippen molar-refractivity contribution < 1.29 is 17.1 Å². The first-order valence-corrected chi connectivity index (χ1v) is 10.6. The molecular formula is C26H29BrClFeN3. The summed E-state index contributed by atoms with van der Waals surface area (Å²) in [5, 5.41) is 2.21. The van der Waals surface area contributed by atoms with E-state index < -0.39 is 0 Å². The summed E-state index contributed by atoms with van der Waals surface area (Å²) < 4.78 is 1.04. The third-order valence-corrected chi connectivity index (χ3v) is 5.18. The topological polar surface area (TPSA) is 60.8 Å². The number of fused-ring (bicyclic) bond motifs is 3. The summed E-state index contributed by atoms with van der Waals surface area (Å²) in [6.07, 6.45) is 2.83. The minimum Gasteiger partial charge on any atom is -0.344 e. The van der Waals surface area contributed by atoms with Crippen LogP contribution in [0.25, 0.3) is 21.8 Å². The van der Waals surface area contributed by atoms with Gasteiger partial charge in [0.05, 0.1) is 11.0 Å². The normalized spacial score (nSPS) is 9.97. The molecule has 0 bridgehead atoms. The van der Waals surface area contributed by atoms with Gasteiger partial charge in [0, 0.05) is 11.1 Å². The molecule has 0 aliphatic rings. The van der Waals surface area contributed by atoms with Crippen LogP contribution < -0.4 is 6.15 Å². The van der Waals surface area contributed by atoms with Gasteiger partial charge in [-0.15, -0.1) is 24.2 Å². The number of hydrogen-bond acceptors (Lipinski definition) is 3. The van der Waals surface area contributed by atoms with E-state index in [0.717, 1.165) is 37.7 Å². The SMILES string of the molecule is C=[C-]c1ccc2ccc3ccc(C(C)C)nc3c2n1.CC(C)c1[c-]c(Br)ccc1.Cl.N.[Fe+2]. The maximum atomic E-state index is 4.77. The zero-order valence-corrected chi connectivity index (χ0v) is 22.3. The first-order valence-electron chi connectivity index (χ1n) is 9.80. The first kappa shape index (κ1) is 30.2. The summed E-state index contributed by atoms with van der Waals surface area (Å²) in [4.78, 5) is 9.35. The molecule has 6 heteroatoms. The number of halogens is 2. The molecule has 2 heterocycles. The molecule has 0 saturated heterocycles. The summed E-state index contributed by atoms with van der Waals surface area (Å²) >= 11 is 3.37. The Balaban J connectivity index is 0.000000642. The monoisotopic (exact) mass is 553 g/mol. The minimum absolute atomic E-state index is 0. The van der Waals surface area contributed by atoms with Gasteiger partial charge in [-0.1, -0.05) is 66.3 Å². The average Bonchev–Trinajstić information content (AvgIpc) is 2.73. The molecule has 3 N–H and O–H groups in total. The van der Waals surface area contributed by atoms with E-state index in [2.05, 4.69) is 97.7 Å². The summed E-state index contributed by atoms with van der Waals surface area (Å²) in [6, 6.07) is 21.7. The van der Waals surface area contributed by atoms with Gasteiger partial charge in [0.1, 0.15) is 0 Å². The molecule has 0 unspecified atom stereocenters. The Bertz CT molecular complexity index is 1160. The van der Waals surface area contributed by atoms with Crippen molar-refractivity contribution in [2.75, 3.05) is 0 Å². The van der Waals surface area contributed by atoms with Crippen LogP contribution in [0.4, 0.5) is 0 Å². The van der Waals surface area contributed by atoms with Gasteiger partial charge < -0.3 is 6.15 Å². The molecule has 4 aromatic rings. The second-order valence-corrected chi connectivity index (χ2v) is 8.44. The van der Waals surface area contributed by atoms with Gasteiger partial charge in [-0.3, -0.25) is 9.97 Å². The van der Waals surface area contributed by atoms with E-state index in [1.807, 2.05) is 24.3 Å². The van der Waals surface area contributed by atoms with Gasteiger partial charge in [-0.05, 0) is 23.3 Å². The number of benzene rings is 2. The first-order chi connectivity index (χ1) is 13.9. The molecule has 2 aromatic heterocycles. The smallest absolute Gasteiger partial charge is 0.344 e. The fourth-order valence-electron chi connectivity index (χ4n) is 3.00. The van der Waals surface area contributed by atoms with E-state index in [-0.39, 0.29) is 35.6 Å². The fraction of sp³-hybridized carbons (Fsp3) is 0.231. The Morgan fingerprint density at radius 1 is 0.844 bits per heavy atom. The van der Waals surface area contributed by atoms with Crippen molar-refractivity contribution in [3.05, 3.63) is 94.7 Å². The van der Waals surface area contributed by atoms with E-state index in [9.17, 15) is 0 Å². The predicted molar refractivity (Wildman–Crippen MR) is 138 cm³/mol. The molecule has 3 nitrogen and oxygen atoms in total. The summed E-state index contributed by atoms with van der Waals surface area (Å²) in [5.41, 5.74) is 5.00. The zero-order valence-electron chi connectivity index (χ0n) is 18.8. The Hall–Kier alpha value is -1.75. The van der Waals surface area contributed by atoms with Gasteiger partial charge in [0.15, 0.2) is 0 Å². The molecule has 0 fully saturated rings. The maximum absolute atomic E-state index is 4.77. The molecule has 0 aliphatic heterocycles. The van der Waals surface area contributed by atoms with Crippen LogP contribution in [-0.4, -0.2) is 9.97 Å². The number of pyridine rings is 2. The number of nitrogens with zero attached hydrogens (tertiary/aromatic N) is 2. The van der Waals surface area contributed by atoms with Crippen LogP contribution in [0.15, 0.2) is 65.6 Å². The van der Waals surface area contributed by atoms with Gasteiger partial charge in [-0.2, -0.15) is 42.5 Å². The van der Waals surface area contributed by atoms with E-state index in [4.69, 9.17) is 4.98 Å². The van der Waals surface area contributed by atoms with Crippen molar-refractivity contribution in [3.8, 4) is 0 Å². The Morgan fingerprint density at radius 3 is 1.91 bits per heavy atom. The van der Waals surface area contributed by atoms with Crippen molar-refractivity contribution >= 4 is 50.1 Å². The van der Waals surface area contributed by atoms with Crippen molar-refractivity contribution in [2.45, 2.75) is 39.5 Å². The molecular weight excluding hydrogens is 526 g/mol. The molecule has 0 spiro atoms. The molecule has 170 valence electrons. The van der Waals surface area contributed by atoms with Crippen LogP contribution in [0.3, 0.4) is 0 Å². The quantitative estimate of drug-likeness (QED) is 0.158. The Morgan fingerprint density at radius 2 is 1.41 bits per heavy atom. The van der Waals surface area contributed by atoms with Crippen molar-refractivity contribution in [1.82, 2.24) is 16.1 Å². The van der Waals surface area contributed by atoms with Crippen molar-refractivity contribution in [3.63, 3.8) is 0 Å². The summed E-state index contributed by atoms with van der Waals surface area (Å²) in [5.74, 6) is 0.978. The molecule has 0 atom stereocenters. The number of aromatic nitrogens is 2.